The molecule has 5 nitrogen and oxygen atoms in total. The summed E-state index contributed by atoms with van der Waals surface area (Å²) >= 11 is 0. The van der Waals surface area contributed by atoms with Gasteiger partial charge in [0.05, 0.1) is 5.92 Å². The average molecular weight is 214 g/mol. The van der Waals surface area contributed by atoms with Crippen molar-refractivity contribution < 1.29 is 14.7 Å². The van der Waals surface area contributed by atoms with Gasteiger partial charge in [-0.1, -0.05) is 0 Å². The highest BCUT2D eigenvalue weighted by Crippen LogP contribution is 2.19. The molecule has 1 atom stereocenters. The van der Waals surface area contributed by atoms with Crippen molar-refractivity contribution in [1.29, 1.82) is 0 Å². The van der Waals surface area contributed by atoms with E-state index in [1.807, 2.05) is 0 Å². The van der Waals surface area contributed by atoms with Gasteiger partial charge in [0, 0.05) is 13.1 Å². The predicted molar refractivity (Wildman–Crippen MR) is 54.8 cm³/mol. The molecule has 0 aromatic carbocycles. The van der Waals surface area contributed by atoms with E-state index in [9.17, 15) is 14.7 Å². The Bertz CT molecular complexity index is 270. The minimum Gasteiger partial charge on any atom is -0.381 e. The first-order chi connectivity index (χ1) is 6.82. The van der Waals surface area contributed by atoms with Crippen LogP contribution in [0.2, 0.25) is 0 Å². The van der Waals surface area contributed by atoms with Gasteiger partial charge in [0.25, 0.3) is 5.91 Å². The summed E-state index contributed by atoms with van der Waals surface area (Å²) in [7, 11) is 0. The molecule has 2 amide bonds. The number of nitrogens with two attached hydrogens (primary N) is 1. The normalized spacial score (nSPS) is 22.6. The standard InChI is InChI=1S/C10H18N2O3/c1-10(2,15)9(14)12-5-3-4-7(6-12)8(11)13/h7,15H,3-6H2,1-2H3,(H2,11,13). The number of nitrogens with zero attached hydrogens (tertiary/aromatic N) is 1. The molecule has 0 radical (unpaired) electrons. The molecule has 3 N–H and O–H groups in total. The van der Waals surface area contributed by atoms with Crippen LogP contribution in [0.15, 0.2) is 0 Å². The summed E-state index contributed by atoms with van der Waals surface area (Å²) in [6, 6.07) is 0. The molecule has 0 aromatic heterocycles. The summed E-state index contributed by atoms with van der Waals surface area (Å²) in [6.07, 6.45) is 1.49. The Kier molecular flexibility index (Phi) is 3.34. The number of carbonyl (C=O) groups excluding carboxylic acids is 2. The molecule has 86 valence electrons. The van der Waals surface area contributed by atoms with Crippen molar-refractivity contribution in [2.24, 2.45) is 11.7 Å². The second-order valence-corrected chi connectivity index (χ2v) is 4.55. The molecule has 1 rings (SSSR count). The maximum atomic E-state index is 11.7. The molecule has 5 heteroatoms. The number of carbonyl (C=O) groups is 2. The summed E-state index contributed by atoms with van der Waals surface area (Å²) in [5.74, 6) is -0.984. The van der Waals surface area contributed by atoms with Crippen molar-refractivity contribution >= 4 is 11.8 Å². The highest BCUT2D eigenvalue weighted by Gasteiger charge is 2.33. The zero-order chi connectivity index (χ0) is 11.6. The minimum atomic E-state index is -1.38. The fraction of sp³-hybridized carbons (Fsp3) is 0.800. The molecule has 1 heterocycles. The number of likely N-dealkylation sites (tertiary alicyclic amines) is 1. The quantitative estimate of drug-likeness (QED) is 0.649. The van der Waals surface area contributed by atoms with E-state index in [0.717, 1.165) is 12.8 Å². The molecule has 0 aliphatic carbocycles. The Morgan fingerprint density at radius 3 is 2.53 bits per heavy atom. The number of piperidine rings is 1. The van der Waals surface area contributed by atoms with Gasteiger partial charge in [0.15, 0.2) is 0 Å². The van der Waals surface area contributed by atoms with E-state index in [-0.39, 0.29) is 17.7 Å². The Morgan fingerprint density at radius 2 is 2.07 bits per heavy atom. The predicted octanol–water partition coefficient (Wildman–Crippen LogP) is -0.519. The van der Waals surface area contributed by atoms with E-state index >= 15 is 0 Å². The van der Waals surface area contributed by atoms with Gasteiger partial charge in [-0.3, -0.25) is 9.59 Å². The van der Waals surface area contributed by atoms with Gasteiger partial charge >= 0.3 is 0 Å². The van der Waals surface area contributed by atoms with Gasteiger partial charge in [0.2, 0.25) is 5.91 Å². The van der Waals surface area contributed by atoms with E-state index in [2.05, 4.69) is 0 Å². The number of aliphatic hydroxyl groups is 1. The van der Waals surface area contributed by atoms with E-state index in [1.54, 1.807) is 0 Å². The number of amides is 2. The third kappa shape index (κ3) is 2.92. The van der Waals surface area contributed by atoms with Gasteiger partial charge in [-0.2, -0.15) is 0 Å². The van der Waals surface area contributed by atoms with Crippen molar-refractivity contribution in [3.8, 4) is 0 Å². The first-order valence-electron chi connectivity index (χ1n) is 5.13. The largest absolute Gasteiger partial charge is 0.381 e. The number of primary amides is 1. The molecule has 1 aliphatic rings. The highest BCUT2D eigenvalue weighted by atomic mass is 16.3. The number of rotatable bonds is 2. The van der Waals surface area contributed by atoms with Crippen LogP contribution >= 0.6 is 0 Å². The van der Waals surface area contributed by atoms with Crippen molar-refractivity contribution in [1.82, 2.24) is 4.90 Å². The third-order valence-corrected chi connectivity index (χ3v) is 2.63. The molecule has 1 unspecified atom stereocenters. The van der Waals surface area contributed by atoms with Crippen LogP contribution in [0.4, 0.5) is 0 Å². The topological polar surface area (TPSA) is 83.6 Å². The van der Waals surface area contributed by atoms with E-state index in [4.69, 9.17) is 5.73 Å². The minimum absolute atomic E-state index is 0.273. The lowest BCUT2D eigenvalue weighted by molar-refractivity contribution is -0.150. The van der Waals surface area contributed by atoms with Crippen LogP contribution in [0.25, 0.3) is 0 Å². The van der Waals surface area contributed by atoms with Crippen LogP contribution in [-0.2, 0) is 9.59 Å². The smallest absolute Gasteiger partial charge is 0.253 e. The van der Waals surface area contributed by atoms with Crippen molar-refractivity contribution in [2.45, 2.75) is 32.3 Å². The van der Waals surface area contributed by atoms with Crippen LogP contribution in [-0.4, -0.2) is 40.5 Å². The summed E-state index contributed by atoms with van der Waals surface area (Å²) in [5.41, 5.74) is 3.82. The fourth-order valence-corrected chi connectivity index (χ4v) is 1.78. The molecular formula is C10H18N2O3. The molecule has 15 heavy (non-hydrogen) atoms. The van der Waals surface area contributed by atoms with Crippen LogP contribution in [0, 0.1) is 5.92 Å². The molecule has 1 aliphatic heterocycles. The van der Waals surface area contributed by atoms with Crippen LogP contribution < -0.4 is 5.73 Å². The maximum Gasteiger partial charge on any atom is 0.253 e. The Hall–Kier alpha value is -1.10. The van der Waals surface area contributed by atoms with Gasteiger partial charge in [-0.25, -0.2) is 0 Å². The second kappa shape index (κ2) is 4.18. The molecular weight excluding hydrogens is 196 g/mol. The summed E-state index contributed by atoms with van der Waals surface area (Å²) < 4.78 is 0. The van der Waals surface area contributed by atoms with E-state index in [0.29, 0.717) is 13.1 Å². The Morgan fingerprint density at radius 1 is 1.47 bits per heavy atom. The van der Waals surface area contributed by atoms with Gasteiger partial charge in [0.1, 0.15) is 5.60 Å². The number of hydrogen-bond donors (Lipinski definition) is 2. The van der Waals surface area contributed by atoms with Gasteiger partial charge in [-0.15, -0.1) is 0 Å². The van der Waals surface area contributed by atoms with Crippen molar-refractivity contribution in [3.63, 3.8) is 0 Å². The van der Waals surface area contributed by atoms with E-state index in [1.165, 1.54) is 18.7 Å². The Labute approximate surface area is 89.2 Å². The van der Waals surface area contributed by atoms with Crippen molar-refractivity contribution in [3.05, 3.63) is 0 Å². The van der Waals surface area contributed by atoms with Crippen molar-refractivity contribution in [2.75, 3.05) is 13.1 Å². The lowest BCUT2D eigenvalue weighted by Gasteiger charge is -2.34. The highest BCUT2D eigenvalue weighted by molar-refractivity contribution is 5.85. The molecule has 0 bridgehead atoms. The molecule has 0 saturated carbocycles. The SMILES string of the molecule is CC(C)(O)C(=O)N1CCCC(C(N)=O)C1. The maximum absolute atomic E-state index is 11.7. The van der Waals surface area contributed by atoms with Crippen LogP contribution in [0.5, 0.6) is 0 Å². The van der Waals surface area contributed by atoms with Crippen LogP contribution in [0.1, 0.15) is 26.7 Å². The fourth-order valence-electron chi connectivity index (χ4n) is 1.78. The van der Waals surface area contributed by atoms with Gasteiger partial charge < -0.3 is 15.7 Å². The lowest BCUT2D eigenvalue weighted by Crippen LogP contribution is -2.51. The third-order valence-electron chi connectivity index (χ3n) is 2.63. The molecule has 0 spiro atoms. The average Bonchev–Trinajstić information content (AvgIpc) is 2.15. The lowest BCUT2D eigenvalue weighted by atomic mass is 9.96. The zero-order valence-electron chi connectivity index (χ0n) is 9.19. The molecule has 1 fully saturated rings. The molecule has 0 aromatic rings. The summed E-state index contributed by atoms with van der Waals surface area (Å²) in [6.45, 7) is 3.82. The first kappa shape index (κ1) is 12.0. The van der Waals surface area contributed by atoms with Crippen LogP contribution in [0.3, 0.4) is 0 Å². The zero-order valence-corrected chi connectivity index (χ0v) is 9.19. The van der Waals surface area contributed by atoms with E-state index < -0.39 is 5.60 Å². The molecule has 1 saturated heterocycles. The summed E-state index contributed by atoms with van der Waals surface area (Å²) in [5, 5.41) is 9.56. The number of hydrogen-bond acceptors (Lipinski definition) is 3. The monoisotopic (exact) mass is 214 g/mol. The first-order valence-corrected chi connectivity index (χ1v) is 5.13. The van der Waals surface area contributed by atoms with Gasteiger partial charge in [-0.05, 0) is 26.7 Å². The summed E-state index contributed by atoms with van der Waals surface area (Å²) in [4.78, 5) is 24.2. The second-order valence-electron chi connectivity index (χ2n) is 4.55. The Balaban J connectivity index is 2.64.